The van der Waals surface area contributed by atoms with Gasteiger partial charge in [0.1, 0.15) is 17.7 Å². The number of hydrogen-bond donors (Lipinski definition) is 0. The Morgan fingerprint density at radius 2 is 1.60 bits per heavy atom. The van der Waals surface area contributed by atoms with Crippen LogP contribution in [0.3, 0.4) is 0 Å². The zero-order chi connectivity index (χ0) is 20.7. The van der Waals surface area contributed by atoms with E-state index in [2.05, 4.69) is 28.9 Å². The number of ether oxygens (including phenoxy) is 2. The highest BCUT2D eigenvalue weighted by Crippen LogP contribution is 2.39. The number of amides is 1. The van der Waals surface area contributed by atoms with E-state index in [1.165, 1.54) is 0 Å². The first-order chi connectivity index (χ1) is 14.6. The molecule has 2 aromatic carbocycles. The molecule has 3 aliphatic heterocycles. The van der Waals surface area contributed by atoms with E-state index in [4.69, 9.17) is 9.47 Å². The minimum absolute atomic E-state index is 0.00384. The van der Waals surface area contributed by atoms with Crippen molar-refractivity contribution in [3.05, 3.63) is 54.6 Å². The predicted molar refractivity (Wildman–Crippen MR) is 116 cm³/mol. The molecule has 2 saturated heterocycles. The van der Waals surface area contributed by atoms with Gasteiger partial charge >= 0.3 is 0 Å². The summed E-state index contributed by atoms with van der Waals surface area (Å²) in [6, 6.07) is 18.2. The molecule has 1 spiro atoms. The van der Waals surface area contributed by atoms with E-state index >= 15 is 0 Å². The lowest BCUT2D eigenvalue weighted by atomic mass is 9.85. The number of fused-ring (bicyclic) bond motifs is 1. The fourth-order valence-corrected chi connectivity index (χ4v) is 5.03. The van der Waals surface area contributed by atoms with Gasteiger partial charge in [0.25, 0.3) is 0 Å². The van der Waals surface area contributed by atoms with Gasteiger partial charge in [-0.3, -0.25) is 9.69 Å². The molecule has 0 bridgehead atoms. The van der Waals surface area contributed by atoms with Gasteiger partial charge in [-0.25, -0.2) is 0 Å². The third kappa shape index (κ3) is 3.19. The van der Waals surface area contributed by atoms with E-state index in [0.29, 0.717) is 6.67 Å². The summed E-state index contributed by atoms with van der Waals surface area (Å²) in [4.78, 5) is 19.7. The summed E-state index contributed by atoms with van der Waals surface area (Å²) in [6.45, 7) is 5.27. The molecule has 3 aliphatic rings. The summed E-state index contributed by atoms with van der Waals surface area (Å²) in [6.07, 6.45) is 1.63. The van der Waals surface area contributed by atoms with Crippen LogP contribution in [0.4, 0.5) is 5.69 Å². The van der Waals surface area contributed by atoms with E-state index in [-0.39, 0.29) is 18.1 Å². The van der Waals surface area contributed by atoms with Gasteiger partial charge in [0.2, 0.25) is 5.91 Å². The van der Waals surface area contributed by atoms with Gasteiger partial charge in [0, 0.05) is 32.4 Å². The zero-order valence-electron chi connectivity index (χ0n) is 17.7. The Bertz CT molecular complexity index is 911. The molecule has 0 aromatic heterocycles. The number of piperidine rings is 1. The van der Waals surface area contributed by atoms with Crippen LogP contribution in [-0.2, 0) is 4.79 Å². The fraction of sp³-hybridized carbons (Fsp3) is 0.458. The average molecular weight is 408 g/mol. The molecule has 0 aliphatic carbocycles. The molecule has 0 N–H and O–H groups in total. The number of anilines is 1. The van der Waals surface area contributed by atoms with E-state index in [0.717, 1.165) is 49.7 Å². The van der Waals surface area contributed by atoms with Crippen molar-refractivity contribution in [2.75, 3.05) is 38.3 Å². The van der Waals surface area contributed by atoms with Crippen LogP contribution in [0.5, 0.6) is 11.5 Å². The number of likely N-dealkylation sites (N-methyl/N-ethyl adjacent to an activating group) is 1. The van der Waals surface area contributed by atoms with Gasteiger partial charge < -0.3 is 19.3 Å². The van der Waals surface area contributed by atoms with Crippen molar-refractivity contribution in [1.82, 2.24) is 9.80 Å². The summed E-state index contributed by atoms with van der Waals surface area (Å²) in [5, 5.41) is 0. The molecule has 2 aromatic rings. The Kier molecular flexibility index (Phi) is 4.82. The summed E-state index contributed by atoms with van der Waals surface area (Å²) in [5.74, 6) is 1.87. The maximum Gasteiger partial charge on any atom is 0.249 e. The van der Waals surface area contributed by atoms with Gasteiger partial charge in [0.15, 0.2) is 11.5 Å². The lowest BCUT2D eigenvalue weighted by molar-refractivity contribution is -0.132. The summed E-state index contributed by atoms with van der Waals surface area (Å²) in [7, 11) is 1.91. The van der Waals surface area contributed by atoms with Crippen LogP contribution < -0.4 is 14.4 Å². The quantitative estimate of drug-likeness (QED) is 0.783. The molecule has 6 heteroatoms. The molecule has 2 fully saturated rings. The summed E-state index contributed by atoms with van der Waals surface area (Å²) >= 11 is 0. The largest absolute Gasteiger partial charge is 0.483 e. The van der Waals surface area contributed by atoms with E-state index in [9.17, 15) is 4.79 Å². The molecule has 0 radical (unpaired) electrons. The smallest absolute Gasteiger partial charge is 0.249 e. The maximum absolute atomic E-state index is 13.2. The number of likely N-dealkylation sites (tertiary alicyclic amines) is 1. The van der Waals surface area contributed by atoms with Crippen molar-refractivity contribution in [3.63, 3.8) is 0 Å². The predicted octanol–water partition coefficient (Wildman–Crippen LogP) is 2.99. The minimum atomic E-state index is -0.436. The van der Waals surface area contributed by atoms with Crippen molar-refractivity contribution >= 4 is 11.6 Å². The topological polar surface area (TPSA) is 45.3 Å². The Morgan fingerprint density at radius 1 is 0.967 bits per heavy atom. The highest BCUT2D eigenvalue weighted by molar-refractivity contribution is 5.93. The second-order valence-electron chi connectivity index (χ2n) is 8.67. The standard InChI is InChI=1S/C24H29N3O3/c1-18-22(30-21-11-7-6-10-20(21)29-18)16-26-14-12-24(13-15-26)23(28)25(2)17-27(24)19-8-4-3-5-9-19/h3-11,18,22H,12-17H2,1-2H3/t18-,22-/m0/s1. The molecule has 1 amide bonds. The molecule has 3 heterocycles. The Morgan fingerprint density at radius 3 is 2.30 bits per heavy atom. The van der Waals surface area contributed by atoms with Crippen LogP contribution in [0.2, 0.25) is 0 Å². The number of carbonyl (C=O) groups excluding carboxylic acids is 1. The third-order valence-corrected chi connectivity index (χ3v) is 6.77. The second kappa shape index (κ2) is 7.51. The molecule has 0 saturated carbocycles. The van der Waals surface area contributed by atoms with E-state index < -0.39 is 5.54 Å². The Hall–Kier alpha value is -2.73. The number of hydrogen-bond acceptors (Lipinski definition) is 5. The molecular formula is C24H29N3O3. The van der Waals surface area contributed by atoms with E-state index in [1.54, 1.807) is 0 Å². The summed E-state index contributed by atoms with van der Waals surface area (Å²) in [5.41, 5.74) is 0.687. The first-order valence-corrected chi connectivity index (χ1v) is 10.8. The van der Waals surface area contributed by atoms with Crippen LogP contribution in [0.15, 0.2) is 54.6 Å². The van der Waals surface area contributed by atoms with Crippen LogP contribution in [0.25, 0.3) is 0 Å². The highest BCUT2D eigenvalue weighted by Gasteiger charge is 2.52. The van der Waals surface area contributed by atoms with E-state index in [1.807, 2.05) is 54.4 Å². The fourth-order valence-electron chi connectivity index (χ4n) is 5.03. The van der Waals surface area contributed by atoms with Crippen molar-refractivity contribution in [1.29, 1.82) is 0 Å². The molecule has 158 valence electrons. The number of benzene rings is 2. The van der Waals surface area contributed by atoms with Gasteiger partial charge in [-0.05, 0) is 44.0 Å². The number of rotatable bonds is 3. The SMILES string of the molecule is C[C@@H]1Oc2ccccc2O[C@H]1CN1CCC2(CC1)C(=O)N(C)CN2c1ccccc1. The second-order valence-corrected chi connectivity index (χ2v) is 8.67. The molecule has 0 unspecified atom stereocenters. The van der Waals surface area contributed by atoms with Gasteiger partial charge in [0.05, 0.1) is 6.67 Å². The first kappa shape index (κ1) is 19.2. The number of para-hydroxylation sites is 3. The Labute approximate surface area is 178 Å². The zero-order valence-corrected chi connectivity index (χ0v) is 17.7. The van der Waals surface area contributed by atoms with Crippen LogP contribution in [0.1, 0.15) is 19.8 Å². The minimum Gasteiger partial charge on any atom is -0.483 e. The van der Waals surface area contributed by atoms with Gasteiger partial charge in [-0.1, -0.05) is 30.3 Å². The number of nitrogens with zero attached hydrogens (tertiary/aromatic N) is 3. The summed E-state index contributed by atoms with van der Waals surface area (Å²) < 4.78 is 12.3. The van der Waals surface area contributed by atoms with Crippen molar-refractivity contribution < 1.29 is 14.3 Å². The molecular weight excluding hydrogens is 378 g/mol. The van der Waals surface area contributed by atoms with Gasteiger partial charge in [-0.15, -0.1) is 0 Å². The molecule has 5 rings (SSSR count). The van der Waals surface area contributed by atoms with Crippen molar-refractivity contribution in [3.8, 4) is 11.5 Å². The lowest BCUT2D eigenvalue weighted by Crippen LogP contribution is -2.58. The highest BCUT2D eigenvalue weighted by atomic mass is 16.6. The van der Waals surface area contributed by atoms with Crippen LogP contribution >= 0.6 is 0 Å². The van der Waals surface area contributed by atoms with Crippen LogP contribution in [-0.4, -0.2) is 66.8 Å². The van der Waals surface area contributed by atoms with Crippen molar-refractivity contribution in [2.24, 2.45) is 0 Å². The lowest BCUT2D eigenvalue weighted by Gasteiger charge is -2.44. The molecule has 30 heavy (non-hydrogen) atoms. The van der Waals surface area contributed by atoms with Gasteiger partial charge in [-0.2, -0.15) is 0 Å². The first-order valence-electron chi connectivity index (χ1n) is 10.8. The number of carbonyl (C=O) groups is 1. The molecule has 2 atom stereocenters. The molecule has 6 nitrogen and oxygen atoms in total. The van der Waals surface area contributed by atoms with Crippen LogP contribution in [0, 0.1) is 0 Å². The van der Waals surface area contributed by atoms with Crippen molar-refractivity contribution in [2.45, 2.75) is 37.5 Å². The maximum atomic E-state index is 13.2. The average Bonchev–Trinajstić information content (AvgIpc) is 3.01. The normalized spacial score (nSPS) is 25.7. The Balaban J connectivity index is 1.28. The monoisotopic (exact) mass is 407 g/mol. The third-order valence-electron chi connectivity index (χ3n) is 6.77.